The number of nitrogens with zero attached hydrogens (tertiary/aromatic N) is 4. The van der Waals surface area contributed by atoms with Crippen LogP contribution >= 0.6 is 23.2 Å². The largest absolute Gasteiger partial charge is 0.396 e. The van der Waals surface area contributed by atoms with E-state index < -0.39 is 23.2 Å². The highest BCUT2D eigenvalue weighted by atomic mass is 35.5. The number of alkyl halides is 1. The van der Waals surface area contributed by atoms with Crippen LogP contribution < -0.4 is 0 Å². The van der Waals surface area contributed by atoms with Crippen molar-refractivity contribution in [1.82, 2.24) is 19.8 Å². The zero-order chi connectivity index (χ0) is 29.6. The molecular weight excluding hydrogens is 582 g/mol. The zero-order valence-electron chi connectivity index (χ0n) is 22.8. The maximum atomic E-state index is 18.0. The number of hydrogen-bond acceptors (Lipinski definition) is 6. The number of carbonyl (C=O) groups is 1. The zero-order valence-corrected chi connectivity index (χ0v) is 24.3. The number of aliphatic hydroxyl groups excluding tert-OH is 2. The van der Waals surface area contributed by atoms with E-state index in [4.69, 9.17) is 28.0 Å². The Hall–Kier alpha value is -3.34. The Bertz CT molecular complexity index is 1630. The molecule has 4 aromatic rings. The Morgan fingerprint density at radius 1 is 1.02 bits per heavy atom. The van der Waals surface area contributed by atoms with Gasteiger partial charge in [0.2, 0.25) is 0 Å². The maximum Gasteiger partial charge on any atom is 0.281 e. The molecule has 0 spiro atoms. The Morgan fingerprint density at radius 2 is 1.74 bits per heavy atom. The fourth-order valence-corrected chi connectivity index (χ4v) is 5.68. The summed E-state index contributed by atoms with van der Waals surface area (Å²) in [5.74, 6) is -3.49. The summed E-state index contributed by atoms with van der Waals surface area (Å²) in [7, 11) is 1.73. The third-order valence-corrected chi connectivity index (χ3v) is 8.56. The van der Waals surface area contributed by atoms with Crippen molar-refractivity contribution in [3.63, 3.8) is 0 Å². The second kappa shape index (κ2) is 11.1. The van der Waals surface area contributed by atoms with Gasteiger partial charge in [-0.2, -0.15) is 10.2 Å². The monoisotopic (exact) mass is 610 g/mol. The van der Waals surface area contributed by atoms with E-state index >= 15 is 4.39 Å². The lowest BCUT2D eigenvalue weighted by Crippen LogP contribution is -2.50. The van der Waals surface area contributed by atoms with Gasteiger partial charge in [0.15, 0.2) is 0 Å². The average Bonchev–Trinajstić information content (AvgIpc) is 3.59. The summed E-state index contributed by atoms with van der Waals surface area (Å²) in [4.78, 5) is 24.2. The summed E-state index contributed by atoms with van der Waals surface area (Å²) < 4.78 is 19.5. The van der Waals surface area contributed by atoms with Crippen molar-refractivity contribution in [2.75, 3.05) is 13.2 Å². The van der Waals surface area contributed by atoms with E-state index in [1.54, 1.807) is 60.4 Å². The minimum atomic E-state index is -2.78. The van der Waals surface area contributed by atoms with Gasteiger partial charge in [-0.05, 0) is 65.9 Å². The van der Waals surface area contributed by atoms with Crippen LogP contribution in [-0.2, 0) is 30.5 Å². The highest BCUT2D eigenvalue weighted by Gasteiger charge is 2.59. The first-order valence-corrected chi connectivity index (χ1v) is 14.4. The van der Waals surface area contributed by atoms with Crippen LogP contribution in [0.4, 0.5) is 4.39 Å². The molecule has 1 saturated carbocycles. The van der Waals surface area contributed by atoms with Gasteiger partial charge < -0.3 is 10.2 Å². The number of aromatic nitrogens is 3. The van der Waals surface area contributed by atoms with E-state index in [9.17, 15) is 15.0 Å². The normalized spacial score (nSPS) is 19.7. The van der Waals surface area contributed by atoms with E-state index in [1.807, 2.05) is 12.1 Å². The van der Waals surface area contributed by atoms with Gasteiger partial charge in [-0.1, -0.05) is 41.4 Å². The molecule has 6 rings (SSSR count). The quantitative estimate of drug-likeness (QED) is 0.237. The van der Waals surface area contributed by atoms with Gasteiger partial charge in [0.1, 0.15) is 6.10 Å². The summed E-state index contributed by atoms with van der Waals surface area (Å²) in [5.41, 5.74) is 2.46. The molecule has 2 aliphatic rings. The Balaban J connectivity index is 1.52. The van der Waals surface area contributed by atoms with Crippen molar-refractivity contribution < 1.29 is 24.2 Å². The van der Waals surface area contributed by atoms with Crippen LogP contribution in [0.25, 0.3) is 11.1 Å². The topological polar surface area (TPSA) is 101 Å². The first-order chi connectivity index (χ1) is 20.1. The van der Waals surface area contributed by atoms with Crippen LogP contribution in [-0.4, -0.2) is 55.3 Å². The first-order valence-electron chi connectivity index (χ1n) is 13.6. The number of hydrogen-bond donors (Lipinski definition) is 2. The number of carbonyl (C=O) groups excluding carboxylic acids is 1. The molecule has 1 aliphatic carbocycles. The number of pyridine rings is 1. The average molecular weight is 612 g/mol. The van der Waals surface area contributed by atoms with Gasteiger partial charge in [0.05, 0.1) is 29.5 Å². The SMILES string of the molecule is Cn1ccc(CC(O)[C@]2(F)c3c(ccc(-c4ccc(Cl)cc4)c3Cc3ccc(Cl)cn3)C(=O)N2OCC2(CO)CC2)n1. The number of hydroxylamine groups is 2. The van der Waals surface area contributed by atoms with Gasteiger partial charge in [-0.25, -0.2) is 4.39 Å². The molecule has 3 heterocycles. The molecule has 0 bridgehead atoms. The van der Waals surface area contributed by atoms with E-state index in [0.717, 1.165) is 5.56 Å². The Kier molecular flexibility index (Phi) is 7.57. The number of benzene rings is 2. The fourth-order valence-electron chi connectivity index (χ4n) is 5.45. The third-order valence-electron chi connectivity index (χ3n) is 8.08. The molecule has 2 N–H and O–H groups in total. The minimum absolute atomic E-state index is 0.00831. The molecule has 2 atom stereocenters. The van der Waals surface area contributed by atoms with Crippen LogP contribution in [0.5, 0.6) is 0 Å². The predicted molar refractivity (Wildman–Crippen MR) is 156 cm³/mol. The van der Waals surface area contributed by atoms with Crippen molar-refractivity contribution >= 4 is 29.1 Å². The Morgan fingerprint density at radius 3 is 2.36 bits per heavy atom. The van der Waals surface area contributed by atoms with Gasteiger partial charge in [-0.15, -0.1) is 0 Å². The van der Waals surface area contributed by atoms with E-state index in [-0.39, 0.29) is 37.2 Å². The van der Waals surface area contributed by atoms with Crippen molar-refractivity contribution in [3.8, 4) is 11.1 Å². The van der Waals surface area contributed by atoms with Crippen LogP contribution in [0, 0.1) is 5.41 Å². The molecule has 218 valence electrons. The summed E-state index contributed by atoms with van der Waals surface area (Å²) in [6, 6.07) is 15.5. The van der Waals surface area contributed by atoms with Crippen molar-refractivity contribution in [3.05, 3.63) is 105 Å². The van der Waals surface area contributed by atoms with E-state index in [0.29, 0.717) is 50.5 Å². The minimum Gasteiger partial charge on any atom is -0.396 e. The summed E-state index contributed by atoms with van der Waals surface area (Å²) in [6.45, 7) is -0.213. The third kappa shape index (κ3) is 5.20. The van der Waals surface area contributed by atoms with E-state index in [2.05, 4.69) is 10.1 Å². The number of aliphatic hydroxyl groups is 2. The lowest BCUT2D eigenvalue weighted by Gasteiger charge is -2.36. The highest BCUT2D eigenvalue weighted by molar-refractivity contribution is 6.30. The highest BCUT2D eigenvalue weighted by Crippen LogP contribution is 2.51. The Labute approximate surface area is 252 Å². The molecule has 1 unspecified atom stereocenters. The molecule has 1 fully saturated rings. The molecular formula is C31H29Cl2FN4O4. The fraction of sp³-hybridized carbons (Fsp3) is 0.323. The summed E-state index contributed by atoms with van der Waals surface area (Å²) >= 11 is 12.2. The second-order valence-electron chi connectivity index (χ2n) is 11.1. The van der Waals surface area contributed by atoms with Crippen molar-refractivity contribution in [2.24, 2.45) is 12.5 Å². The van der Waals surface area contributed by atoms with Gasteiger partial charge in [-0.3, -0.25) is 19.3 Å². The van der Waals surface area contributed by atoms with Crippen LogP contribution in [0.15, 0.2) is 67.0 Å². The van der Waals surface area contributed by atoms with Gasteiger partial charge in [0.25, 0.3) is 11.7 Å². The molecule has 1 aliphatic heterocycles. The first kappa shape index (κ1) is 28.8. The molecule has 8 nitrogen and oxygen atoms in total. The molecule has 2 aromatic heterocycles. The lowest BCUT2D eigenvalue weighted by molar-refractivity contribution is -0.266. The van der Waals surface area contributed by atoms with Crippen LogP contribution in [0.1, 0.15) is 45.7 Å². The number of amides is 1. The number of rotatable bonds is 10. The van der Waals surface area contributed by atoms with Crippen molar-refractivity contribution in [2.45, 2.75) is 37.6 Å². The molecule has 42 heavy (non-hydrogen) atoms. The molecule has 0 radical (unpaired) electrons. The second-order valence-corrected chi connectivity index (χ2v) is 11.9. The van der Waals surface area contributed by atoms with Crippen LogP contribution in [0.3, 0.4) is 0 Å². The standard InChI is InChI=1S/C31H29Cl2FN4O4/c1-37-13-10-23(36-37)15-27(40)31(34)28-25(29(41)38(31)42-18-30(17-39)11-12-30)9-8-24(19-2-4-20(32)5-3-19)26(28)14-22-7-6-21(33)16-35-22/h2-10,13,16,27,39-40H,11-12,14-15,17-18H2,1H3/t27?,31-/m1/s1. The maximum absolute atomic E-state index is 18.0. The molecule has 11 heteroatoms. The number of aryl methyl sites for hydroxylation is 1. The van der Waals surface area contributed by atoms with Gasteiger partial charge in [0, 0.05) is 54.0 Å². The summed E-state index contributed by atoms with van der Waals surface area (Å²) in [5, 5.41) is 27.5. The number of halogens is 3. The van der Waals surface area contributed by atoms with E-state index in [1.165, 1.54) is 6.20 Å². The number of fused-ring (bicyclic) bond motifs is 1. The van der Waals surface area contributed by atoms with Gasteiger partial charge >= 0.3 is 0 Å². The molecule has 2 aromatic carbocycles. The van der Waals surface area contributed by atoms with Crippen LogP contribution in [0.2, 0.25) is 10.0 Å². The molecule has 0 saturated heterocycles. The lowest BCUT2D eigenvalue weighted by atomic mass is 9.84. The predicted octanol–water partition coefficient (Wildman–Crippen LogP) is 5.27. The van der Waals surface area contributed by atoms with Crippen molar-refractivity contribution in [1.29, 1.82) is 0 Å². The smallest absolute Gasteiger partial charge is 0.281 e. The summed E-state index contributed by atoms with van der Waals surface area (Å²) in [6.07, 6.45) is 2.82. The molecule has 1 amide bonds.